The molecule has 0 atom stereocenters. The number of hydrogen-bond donors (Lipinski definition) is 1. The fourth-order valence-corrected chi connectivity index (χ4v) is 3.45. The molecule has 22 heavy (non-hydrogen) atoms. The molecule has 0 aliphatic heterocycles. The summed E-state index contributed by atoms with van der Waals surface area (Å²) in [7, 11) is 0. The number of carbonyl (C=O) groups is 2. The molecule has 1 N–H and O–H groups in total. The summed E-state index contributed by atoms with van der Waals surface area (Å²) in [6.45, 7) is 2.46. The second-order valence-corrected chi connectivity index (χ2v) is 6.53. The summed E-state index contributed by atoms with van der Waals surface area (Å²) in [5.41, 5.74) is 1.18. The van der Waals surface area contributed by atoms with Gasteiger partial charge in [0, 0.05) is 17.5 Å². The van der Waals surface area contributed by atoms with Gasteiger partial charge in [-0.15, -0.1) is 11.3 Å². The van der Waals surface area contributed by atoms with Crippen molar-refractivity contribution in [2.45, 2.75) is 17.7 Å². The Morgan fingerprint density at radius 2 is 2.05 bits per heavy atom. The Morgan fingerprint density at radius 1 is 1.32 bits per heavy atom. The van der Waals surface area contributed by atoms with Gasteiger partial charge >= 0.3 is 0 Å². The van der Waals surface area contributed by atoms with Crippen molar-refractivity contribution in [3.63, 3.8) is 0 Å². The zero-order valence-corrected chi connectivity index (χ0v) is 13.6. The third-order valence-electron chi connectivity index (χ3n) is 2.74. The monoisotopic (exact) mass is 338 g/mol. The molecule has 2 aromatic rings. The molecule has 116 valence electrons. The van der Waals surface area contributed by atoms with Crippen LogP contribution in [0.25, 0.3) is 0 Å². The molecule has 1 aromatic carbocycles. The standard InChI is InChI=1S/C15H15FN2O2S2/c1-2-17-14(20)7-12-8-21-15(18-12)22-9-13(19)10-3-5-11(16)6-4-10/h3-6,8H,2,7,9H2,1H3,(H,17,20). The summed E-state index contributed by atoms with van der Waals surface area (Å²) in [6.07, 6.45) is 0.247. The number of ketones is 1. The SMILES string of the molecule is CCNC(=O)Cc1csc(SCC(=O)c2ccc(F)cc2)n1. The van der Waals surface area contributed by atoms with E-state index in [0.29, 0.717) is 17.8 Å². The maximum atomic E-state index is 12.8. The lowest BCUT2D eigenvalue weighted by Gasteiger charge is -2.00. The number of amides is 1. The van der Waals surface area contributed by atoms with E-state index in [4.69, 9.17) is 0 Å². The van der Waals surface area contributed by atoms with Crippen molar-refractivity contribution in [2.75, 3.05) is 12.3 Å². The first-order valence-electron chi connectivity index (χ1n) is 6.71. The molecule has 0 unspecified atom stereocenters. The third-order valence-corrected chi connectivity index (χ3v) is 4.81. The minimum atomic E-state index is -0.362. The minimum Gasteiger partial charge on any atom is -0.356 e. The fourth-order valence-electron chi connectivity index (χ4n) is 1.71. The number of aromatic nitrogens is 1. The van der Waals surface area contributed by atoms with E-state index in [9.17, 15) is 14.0 Å². The molecule has 2 rings (SSSR count). The van der Waals surface area contributed by atoms with Crippen LogP contribution in [0.2, 0.25) is 0 Å². The van der Waals surface area contributed by atoms with Crippen LogP contribution < -0.4 is 5.32 Å². The number of nitrogens with one attached hydrogen (secondary N) is 1. The smallest absolute Gasteiger partial charge is 0.226 e. The van der Waals surface area contributed by atoms with Crippen LogP contribution in [-0.2, 0) is 11.2 Å². The van der Waals surface area contributed by atoms with Crippen molar-refractivity contribution >= 4 is 34.8 Å². The van der Waals surface area contributed by atoms with Gasteiger partial charge in [-0.3, -0.25) is 9.59 Å². The van der Waals surface area contributed by atoms with Gasteiger partial charge in [0.1, 0.15) is 5.82 Å². The summed E-state index contributed by atoms with van der Waals surface area (Å²) in [5, 5.41) is 4.53. The number of rotatable bonds is 7. The summed E-state index contributed by atoms with van der Waals surface area (Å²) in [5.74, 6) is -0.268. The van der Waals surface area contributed by atoms with E-state index in [1.54, 1.807) is 0 Å². The van der Waals surface area contributed by atoms with Crippen LogP contribution in [0, 0.1) is 5.82 Å². The van der Waals surface area contributed by atoms with Gasteiger partial charge in [-0.05, 0) is 31.2 Å². The lowest BCUT2D eigenvalue weighted by Crippen LogP contribution is -2.24. The highest BCUT2D eigenvalue weighted by Crippen LogP contribution is 2.23. The van der Waals surface area contributed by atoms with E-state index in [0.717, 1.165) is 4.34 Å². The first-order chi connectivity index (χ1) is 10.6. The summed E-state index contributed by atoms with van der Waals surface area (Å²) in [4.78, 5) is 27.8. The minimum absolute atomic E-state index is 0.0632. The van der Waals surface area contributed by atoms with Gasteiger partial charge in [0.2, 0.25) is 5.91 Å². The first-order valence-corrected chi connectivity index (χ1v) is 8.57. The van der Waals surface area contributed by atoms with E-state index in [1.165, 1.54) is 47.4 Å². The summed E-state index contributed by atoms with van der Waals surface area (Å²) < 4.78 is 13.6. The molecule has 1 heterocycles. The van der Waals surface area contributed by atoms with Crippen molar-refractivity contribution in [3.05, 3.63) is 46.7 Å². The van der Waals surface area contributed by atoms with Crippen molar-refractivity contribution in [1.82, 2.24) is 10.3 Å². The molecule has 0 fully saturated rings. The number of nitrogens with zero attached hydrogens (tertiary/aromatic N) is 1. The van der Waals surface area contributed by atoms with Gasteiger partial charge < -0.3 is 5.32 Å². The topological polar surface area (TPSA) is 59.1 Å². The van der Waals surface area contributed by atoms with Gasteiger partial charge in [0.15, 0.2) is 10.1 Å². The molecule has 7 heteroatoms. The van der Waals surface area contributed by atoms with E-state index >= 15 is 0 Å². The molecule has 0 spiro atoms. The number of likely N-dealkylation sites (N-methyl/N-ethyl adjacent to an activating group) is 1. The highest BCUT2D eigenvalue weighted by molar-refractivity contribution is 8.01. The van der Waals surface area contributed by atoms with Gasteiger partial charge in [-0.2, -0.15) is 0 Å². The molecule has 1 amide bonds. The fraction of sp³-hybridized carbons (Fsp3) is 0.267. The highest BCUT2D eigenvalue weighted by Gasteiger charge is 2.11. The maximum absolute atomic E-state index is 12.8. The summed E-state index contributed by atoms with van der Waals surface area (Å²) in [6, 6.07) is 5.48. The Labute approximate surface area is 136 Å². The van der Waals surface area contributed by atoms with Crippen LogP contribution in [0.5, 0.6) is 0 Å². The number of carbonyl (C=O) groups excluding carboxylic acids is 2. The van der Waals surface area contributed by atoms with E-state index in [1.807, 2.05) is 12.3 Å². The van der Waals surface area contributed by atoms with Crippen LogP contribution in [0.3, 0.4) is 0 Å². The molecule has 0 aliphatic carbocycles. The van der Waals surface area contributed by atoms with Crippen LogP contribution >= 0.6 is 23.1 Å². The average molecular weight is 338 g/mol. The van der Waals surface area contributed by atoms with E-state index in [-0.39, 0.29) is 29.7 Å². The quantitative estimate of drug-likeness (QED) is 0.623. The Kier molecular flexibility index (Phi) is 6.09. The molecule has 0 radical (unpaired) electrons. The molecule has 0 saturated heterocycles. The number of thioether (sulfide) groups is 1. The third kappa shape index (κ3) is 4.92. The van der Waals surface area contributed by atoms with Crippen molar-refractivity contribution in [2.24, 2.45) is 0 Å². The number of thiazole rings is 1. The Morgan fingerprint density at radius 3 is 2.73 bits per heavy atom. The van der Waals surface area contributed by atoms with E-state index < -0.39 is 0 Å². The molecule has 0 aliphatic rings. The van der Waals surface area contributed by atoms with Crippen LogP contribution in [0.15, 0.2) is 34.0 Å². The lowest BCUT2D eigenvalue weighted by molar-refractivity contribution is -0.120. The largest absolute Gasteiger partial charge is 0.356 e. The van der Waals surface area contributed by atoms with E-state index in [2.05, 4.69) is 10.3 Å². The number of hydrogen-bond acceptors (Lipinski definition) is 5. The Balaban J connectivity index is 1.86. The Bertz CT molecular complexity index is 656. The highest BCUT2D eigenvalue weighted by atomic mass is 32.2. The van der Waals surface area contributed by atoms with Crippen molar-refractivity contribution in [1.29, 1.82) is 0 Å². The van der Waals surface area contributed by atoms with Crippen LogP contribution in [0.4, 0.5) is 4.39 Å². The molecular weight excluding hydrogens is 323 g/mol. The summed E-state index contributed by atoms with van der Waals surface area (Å²) >= 11 is 2.73. The van der Waals surface area contributed by atoms with Crippen molar-refractivity contribution < 1.29 is 14.0 Å². The zero-order chi connectivity index (χ0) is 15.9. The second kappa shape index (κ2) is 8.05. The molecule has 1 aromatic heterocycles. The average Bonchev–Trinajstić information content (AvgIpc) is 2.93. The second-order valence-electron chi connectivity index (χ2n) is 4.45. The lowest BCUT2D eigenvalue weighted by atomic mass is 10.1. The number of benzene rings is 1. The molecular formula is C15H15FN2O2S2. The molecule has 0 bridgehead atoms. The number of Topliss-reactive ketones (excluding diaryl/α,β-unsaturated/α-hetero) is 1. The molecule has 4 nitrogen and oxygen atoms in total. The molecule has 0 saturated carbocycles. The van der Waals surface area contributed by atoms with Crippen LogP contribution in [-0.4, -0.2) is 29.0 Å². The zero-order valence-electron chi connectivity index (χ0n) is 12.0. The van der Waals surface area contributed by atoms with Crippen LogP contribution in [0.1, 0.15) is 23.0 Å². The Hall–Kier alpha value is -1.73. The normalized spacial score (nSPS) is 10.5. The predicted octanol–water partition coefficient (Wildman–Crippen LogP) is 2.94. The first kappa shape index (κ1) is 16.6. The van der Waals surface area contributed by atoms with Crippen molar-refractivity contribution in [3.8, 4) is 0 Å². The van der Waals surface area contributed by atoms with Gasteiger partial charge in [0.05, 0.1) is 17.9 Å². The van der Waals surface area contributed by atoms with Gasteiger partial charge in [-0.1, -0.05) is 11.8 Å². The van der Waals surface area contributed by atoms with Gasteiger partial charge in [0.25, 0.3) is 0 Å². The number of halogens is 1. The van der Waals surface area contributed by atoms with Gasteiger partial charge in [-0.25, -0.2) is 9.37 Å². The maximum Gasteiger partial charge on any atom is 0.226 e. The predicted molar refractivity (Wildman–Crippen MR) is 86.0 cm³/mol.